The number of hydrogen-bond acceptors (Lipinski definition) is 2. The van der Waals surface area contributed by atoms with Crippen LogP contribution in [-0.4, -0.2) is 25.2 Å². The number of ether oxygens (including phenoxy) is 1. The molecule has 1 aromatic rings. The van der Waals surface area contributed by atoms with E-state index in [0.29, 0.717) is 5.92 Å². The van der Waals surface area contributed by atoms with E-state index < -0.39 is 17.5 Å². The van der Waals surface area contributed by atoms with Crippen molar-refractivity contribution < 1.29 is 18.3 Å². The summed E-state index contributed by atoms with van der Waals surface area (Å²) in [7, 11) is 0. The van der Waals surface area contributed by atoms with Gasteiger partial charge in [0.2, 0.25) is 0 Å². The Morgan fingerprint density at radius 2 is 1.89 bits per heavy atom. The van der Waals surface area contributed by atoms with Gasteiger partial charge in [0.05, 0.1) is 5.56 Å². The van der Waals surface area contributed by atoms with Gasteiger partial charge in [0.15, 0.2) is 0 Å². The van der Waals surface area contributed by atoms with Gasteiger partial charge in [0.1, 0.15) is 11.6 Å². The highest BCUT2D eigenvalue weighted by atomic mass is 19.1. The number of halogens is 2. The van der Waals surface area contributed by atoms with Crippen LogP contribution in [0.1, 0.15) is 88.9 Å². The minimum atomic E-state index is -0.793. The minimum Gasteiger partial charge on any atom is -0.381 e. The van der Waals surface area contributed by atoms with Crippen molar-refractivity contribution in [3.8, 4) is 0 Å². The largest absolute Gasteiger partial charge is 0.381 e. The van der Waals surface area contributed by atoms with Gasteiger partial charge in [-0.15, -0.1) is 0 Å². The predicted octanol–water partition coefficient (Wildman–Crippen LogP) is 7.00. The smallest absolute Gasteiger partial charge is 0.254 e. The summed E-state index contributed by atoms with van der Waals surface area (Å²) in [5, 5.41) is 3.08. The Labute approximate surface area is 209 Å². The molecule has 1 amide bonds. The summed E-state index contributed by atoms with van der Waals surface area (Å²) in [6, 6.07) is 3.16. The first-order valence-electron chi connectivity index (χ1n) is 14.2. The molecule has 3 unspecified atom stereocenters. The lowest BCUT2D eigenvalue weighted by Gasteiger charge is -2.56. The highest BCUT2D eigenvalue weighted by Gasteiger charge is 2.57. The number of benzene rings is 1. The summed E-state index contributed by atoms with van der Waals surface area (Å²) >= 11 is 0. The Morgan fingerprint density at radius 1 is 1.09 bits per heavy atom. The Bertz CT molecular complexity index is 922. The van der Waals surface area contributed by atoms with E-state index in [1.54, 1.807) is 0 Å². The third kappa shape index (κ3) is 4.67. The summed E-state index contributed by atoms with van der Waals surface area (Å²) in [4.78, 5) is 12.8. The van der Waals surface area contributed by atoms with Gasteiger partial charge in [0.25, 0.3) is 5.91 Å². The first-order valence-corrected chi connectivity index (χ1v) is 14.2. The summed E-state index contributed by atoms with van der Waals surface area (Å²) in [5.74, 6) is 3.49. The van der Waals surface area contributed by atoms with E-state index in [9.17, 15) is 13.6 Å². The monoisotopic (exact) mass is 487 g/mol. The first-order chi connectivity index (χ1) is 16.8. The van der Waals surface area contributed by atoms with Crippen LogP contribution in [0.15, 0.2) is 18.2 Å². The van der Waals surface area contributed by atoms with E-state index in [1.165, 1.54) is 57.4 Å². The van der Waals surface area contributed by atoms with E-state index in [-0.39, 0.29) is 17.0 Å². The number of carbonyl (C=O) groups excluding carboxylic acids is 1. The molecule has 9 atom stereocenters. The molecule has 0 bridgehead atoms. The van der Waals surface area contributed by atoms with E-state index in [0.717, 1.165) is 67.3 Å². The fraction of sp³-hybridized carbons (Fsp3) is 0.767. The molecule has 4 saturated carbocycles. The standard InChI is InChI=1S/C30H43F2NO2/c1-4-35-17-19-5-8-22-20(15-19)6-9-24-23(22)13-14-30(3)26(11-12-27(24)30)18(2)33-29(34)25-10-7-21(31)16-28(25)32/h7,10,16,18-20,22-24,26-27H,4-6,8-9,11-15,17H2,1-3H3,(H,33,34)/t18-,19+,20-,22+,23?,24-,26?,27?,30-/m1/s1. The molecule has 35 heavy (non-hydrogen) atoms. The van der Waals surface area contributed by atoms with Gasteiger partial charge in [-0.25, -0.2) is 8.78 Å². The molecule has 0 spiro atoms. The van der Waals surface area contributed by atoms with Crippen molar-refractivity contribution in [1.82, 2.24) is 5.32 Å². The van der Waals surface area contributed by atoms with Gasteiger partial charge < -0.3 is 10.1 Å². The van der Waals surface area contributed by atoms with E-state index >= 15 is 0 Å². The number of hydrogen-bond donors (Lipinski definition) is 1. The molecular formula is C30H43F2NO2. The van der Waals surface area contributed by atoms with Gasteiger partial charge in [-0.1, -0.05) is 6.92 Å². The maximum Gasteiger partial charge on any atom is 0.254 e. The third-order valence-corrected chi connectivity index (χ3v) is 10.8. The van der Waals surface area contributed by atoms with E-state index in [1.807, 2.05) is 0 Å². The van der Waals surface area contributed by atoms with Crippen molar-refractivity contribution in [3.05, 3.63) is 35.4 Å². The average Bonchev–Trinajstić information content (AvgIpc) is 3.19. The maximum absolute atomic E-state index is 14.2. The highest BCUT2D eigenvalue weighted by Crippen LogP contribution is 2.64. The highest BCUT2D eigenvalue weighted by molar-refractivity contribution is 5.94. The van der Waals surface area contributed by atoms with Crippen molar-refractivity contribution in [1.29, 1.82) is 0 Å². The van der Waals surface area contributed by atoms with Crippen molar-refractivity contribution >= 4 is 5.91 Å². The molecule has 0 aromatic heterocycles. The third-order valence-electron chi connectivity index (χ3n) is 10.8. The summed E-state index contributed by atoms with van der Waals surface area (Å²) < 4.78 is 33.2. The molecule has 5 heteroatoms. The van der Waals surface area contributed by atoms with Gasteiger partial charge >= 0.3 is 0 Å². The van der Waals surface area contributed by atoms with Gasteiger partial charge in [-0.3, -0.25) is 4.79 Å². The number of nitrogens with one attached hydrogen (secondary N) is 1. The van der Waals surface area contributed by atoms with Crippen LogP contribution in [0.5, 0.6) is 0 Å². The molecular weight excluding hydrogens is 444 g/mol. The fourth-order valence-corrected chi connectivity index (χ4v) is 9.31. The molecule has 0 radical (unpaired) electrons. The molecule has 4 aliphatic carbocycles. The van der Waals surface area contributed by atoms with Crippen molar-refractivity contribution in [2.24, 2.45) is 46.8 Å². The molecule has 4 fully saturated rings. The van der Waals surface area contributed by atoms with E-state index in [2.05, 4.69) is 26.1 Å². The van der Waals surface area contributed by atoms with E-state index in [4.69, 9.17) is 4.74 Å². The SMILES string of the molecule is CCOC[C@H]1CC[C@@H]2C3CC[C@@]4(C)C(CCC4[C@@H](C)NC(=O)c4ccc(F)cc4F)[C@@H]3CC[C@@H]2C1. The second-order valence-electron chi connectivity index (χ2n) is 12.4. The van der Waals surface area contributed by atoms with Crippen LogP contribution in [0.2, 0.25) is 0 Å². The molecule has 5 rings (SSSR count). The van der Waals surface area contributed by atoms with Gasteiger partial charge in [0, 0.05) is 25.3 Å². The summed E-state index contributed by atoms with van der Waals surface area (Å²) in [6.45, 7) is 8.42. The lowest BCUT2D eigenvalue weighted by atomic mass is 9.49. The zero-order chi connectivity index (χ0) is 24.7. The molecule has 1 N–H and O–H groups in total. The van der Waals surface area contributed by atoms with Crippen molar-refractivity contribution in [3.63, 3.8) is 0 Å². The van der Waals surface area contributed by atoms with Crippen LogP contribution in [0.3, 0.4) is 0 Å². The summed E-state index contributed by atoms with van der Waals surface area (Å²) in [5.41, 5.74) is 0.161. The molecule has 194 valence electrons. The van der Waals surface area contributed by atoms with Crippen LogP contribution in [0, 0.1) is 58.5 Å². The normalized spacial score (nSPS) is 39.3. The van der Waals surface area contributed by atoms with Crippen molar-refractivity contribution in [2.45, 2.75) is 84.6 Å². The van der Waals surface area contributed by atoms with Crippen LogP contribution >= 0.6 is 0 Å². The molecule has 0 saturated heterocycles. The number of carbonyl (C=O) groups is 1. The quantitative estimate of drug-likeness (QED) is 0.469. The topological polar surface area (TPSA) is 38.3 Å². The number of rotatable bonds is 6. The Hall–Kier alpha value is -1.49. The van der Waals surface area contributed by atoms with Crippen molar-refractivity contribution in [2.75, 3.05) is 13.2 Å². The average molecular weight is 488 g/mol. The zero-order valence-corrected chi connectivity index (χ0v) is 21.7. The molecule has 0 heterocycles. The van der Waals surface area contributed by atoms with Gasteiger partial charge in [-0.05, 0) is 131 Å². The van der Waals surface area contributed by atoms with Crippen LogP contribution in [0.25, 0.3) is 0 Å². The maximum atomic E-state index is 14.2. The molecule has 0 aliphatic heterocycles. The molecule has 3 nitrogen and oxygen atoms in total. The Kier molecular flexibility index (Phi) is 7.27. The number of fused-ring (bicyclic) bond motifs is 5. The molecule has 4 aliphatic rings. The van der Waals surface area contributed by atoms with Crippen LogP contribution in [-0.2, 0) is 4.74 Å². The Morgan fingerprint density at radius 3 is 2.66 bits per heavy atom. The van der Waals surface area contributed by atoms with Crippen LogP contribution in [0.4, 0.5) is 8.78 Å². The van der Waals surface area contributed by atoms with Gasteiger partial charge in [-0.2, -0.15) is 0 Å². The predicted molar refractivity (Wildman–Crippen MR) is 134 cm³/mol. The second-order valence-corrected chi connectivity index (χ2v) is 12.4. The number of amides is 1. The minimum absolute atomic E-state index is 0.0242. The molecule has 1 aromatic carbocycles. The fourth-order valence-electron chi connectivity index (χ4n) is 9.31. The summed E-state index contributed by atoms with van der Waals surface area (Å²) in [6.07, 6.45) is 11.7. The lowest BCUT2D eigenvalue weighted by molar-refractivity contribution is -0.0751. The first kappa shape index (κ1) is 25.2. The lowest BCUT2D eigenvalue weighted by Crippen LogP contribution is -2.51. The Balaban J connectivity index is 1.24. The zero-order valence-electron chi connectivity index (χ0n) is 21.7. The second kappa shape index (κ2) is 10.1. The van der Waals surface area contributed by atoms with Crippen LogP contribution < -0.4 is 5.32 Å².